The number of hydrogen-bond acceptors (Lipinski definition) is 4. The first-order chi connectivity index (χ1) is 9.86. The molecule has 0 spiro atoms. The fraction of sp³-hybridized carbons (Fsp3) is 0.733. The molecule has 0 amide bonds. The molecule has 0 saturated heterocycles. The zero-order chi connectivity index (χ0) is 16.0. The second kappa shape index (κ2) is 8.27. The quantitative estimate of drug-likeness (QED) is 0.705. The monoisotopic (exact) mass is 332 g/mol. The van der Waals surface area contributed by atoms with Crippen molar-refractivity contribution in [3.05, 3.63) is 15.8 Å². The Morgan fingerprint density at radius 2 is 2.00 bits per heavy atom. The zero-order valence-corrected chi connectivity index (χ0v) is 15.4. The number of hydrogen-bond donors (Lipinski definition) is 1. The number of unbranched alkanes of at least 4 members (excludes halogenated alkanes) is 2. The maximum Gasteiger partial charge on any atom is 0.244 e. The largest absolute Gasteiger partial charge is 0.315 e. The van der Waals surface area contributed by atoms with Crippen LogP contribution in [-0.4, -0.2) is 32.4 Å². The molecule has 0 atom stereocenters. The van der Waals surface area contributed by atoms with E-state index in [4.69, 9.17) is 0 Å². The molecular weight excluding hydrogens is 304 g/mol. The summed E-state index contributed by atoms with van der Waals surface area (Å²) in [6.07, 6.45) is 3.07. The van der Waals surface area contributed by atoms with Crippen LogP contribution in [0.4, 0.5) is 0 Å². The molecule has 1 rings (SSSR count). The van der Waals surface area contributed by atoms with Gasteiger partial charge in [0, 0.05) is 24.0 Å². The summed E-state index contributed by atoms with van der Waals surface area (Å²) in [6, 6.07) is -0.0198. The number of nitrogens with zero attached hydrogens (tertiary/aromatic N) is 1. The van der Waals surface area contributed by atoms with Gasteiger partial charge in [-0.25, -0.2) is 8.42 Å². The zero-order valence-electron chi connectivity index (χ0n) is 13.8. The van der Waals surface area contributed by atoms with Gasteiger partial charge >= 0.3 is 0 Å². The smallest absolute Gasteiger partial charge is 0.244 e. The van der Waals surface area contributed by atoms with E-state index < -0.39 is 10.0 Å². The van der Waals surface area contributed by atoms with E-state index in [0.717, 1.165) is 29.7 Å². The van der Waals surface area contributed by atoms with Gasteiger partial charge in [-0.3, -0.25) is 0 Å². The van der Waals surface area contributed by atoms with Crippen molar-refractivity contribution in [1.82, 2.24) is 9.62 Å². The SMILES string of the molecule is CCCCCN(C(C)C)S(=O)(=O)c1c(C)csc1CNC. The van der Waals surface area contributed by atoms with Crippen molar-refractivity contribution in [2.24, 2.45) is 0 Å². The first-order valence-corrected chi connectivity index (χ1v) is 9.91. The molecule has 0 saturated carbocycles. The maximum atomic E-state index is 13.1. The fourth-order valence-electron chi connectivity index (χ4n) is 2.41. The van der Waals surface area contributed by atoms with E-state index >= 15 is 0 Å². The Morgan fingerprint density at radius 3 is 2.52 bits per heavy atom. The lowest BCUT2D eigenvalue weighted by Crippen LogP contribution is -2.38. The summed E-state index contributed by atoms with van der Waals surface area (Å²) in [5.41, 5.74) is 0.853. The topological polar surface area (TPSA) is 49.4 Å². The third kappa shape index (κ3) is 4.52. The standard InChI is InChI=1S/C15H28N2O2S2/c1-6-7-8-9-17(12(2)3)21(18,19)15-13(4)11-20-14(15)10-16-5/h11-12,16H,6-10H2,1-5H3. The summed E-state index contributed by atoms with van der Waals surface area (Å²) in [6.45, 7) is 9.09. The Kier molecular flexibility index (Phi) is 7.33. The molecule has 0 radical (unpaired) electrons. The van der Waals surface area contributed by atoms with E-state index in [2.05, 4.69) is 12.2 Å². The summed E-state index contributed by atoms with van der Waals surface area (Å²) in [7, 11) is -1.58. The van der Waals surface area contributed by atoms with Crippen LogP contribution in [0.3, 0.4) is 0 Å². The molecule has 0 aliphatic carbocycles. The number of sulfonamides is 1. The number of thiophene rings is 1. The van der Waals surface area contributed by atoms with Crippen LogP contribution in [-0.2, 0) is 16.6 Å². The molecule has 0 bridgehead atoms. The third-order valence-corrected chi connectivity index (χ3v) is 6.99. The highest BCUT2D eigenvalue weighted by molar-refractivity contribution is 7.89. The molecule has 4 nitrogen and oxygen atoms in total. The molecule has 122 valence electrons. The van der Waals surface area contributed by atoms with Gasteiger partial charge in [-0.1, -0.05) is 19.8 Å². The molecule has 1 heterocycles. The van der Waals surface area contributed by atoms with Crippen LogP contribution < -0.4 is 5.32 Å². The van der Waals surface area contributed by atoms with Crippen molar-refractivity contribution in [3.8, 4) is 0 Å². The van der Waals surface area contributed by atoms with E-state index in [1.54, 1.807) is 4.31 Å². The minimum Gasteiger partial charge on any atom is -0.315 e. The summed E-state index contributed by atoms with van der Waals surface area (Å²) in [5.74, 6) is 0. The van der Waals surface area contributed by atoms with E-state index in [1.807, 2.05) is 33.2 Å². The summed E-state index contributed by atoms with van der Waals surface area (Å²) < 4.78 is 27.8. The Balaban J connectivity index is 3.14. The second-order valence-electron chi connectivity index (χ2n) is 5.62. The lowest BCUT2D eigenvalue weighted by molar-refractivity contribution is 0.345. The van der Waals surface area contributed by atoms with Gasteiger partial charge in [-0.05, 0) is 45.2 Å². The van der Waals surface area contributed by atoms with Gasteiger partial charge in [-0.2, -0.15) is 4.31 Å². The van der Waals surface area contributed by atoms with Crippen LogP contribution in [0, 0.1) is 6.92 Å². The normalized spacial score (nSPS) is 12.5. The highest BCUT2D eigenvalue weighted by atomic mass is 32.2. The fourth-order valence-corrected chi connectivity index (χ4v) is 5.86. The first kappa shape index (κ1) is 18.6. The van der Waals surface area contributed by atoms with Crippen molar-refractivity contribution < 1.29 is 8.42 Å². The van der Waals surface area contributed by atoms with Gasteiger partial charge in [0.25, 0.3) is 0 Å². The molecule has 21 heavy (non-hydrogen) atoms. The van der Waals surface area contributed by atoms with Crippen molar-refractivity contribution >= 4 is 21.4 Å². The van der Waals surface area contributed by atoms with Crippen molar-refractivity contribution in [2.45, 2.75) is 64.4 Å². The van der Waals surface area contributed by atoms with E-state index in [-0.39, 0.29) is 6.04 Å². The Labute approximate surface area is 133 Å². The number of aryl methyl sites for hydroxylation is 1. The van der Waals surface area contributed by atoms with Crippen LogP contribution in [0.2, 0.25) is 0 Å². The summed E-state index contributed by atoms with van der Waals surface area (Å²) in [5, 5.41) is 4.99. The molecule has 0 fully saturated rings. The molecule has 6 heteroatoms. The van der Waals surface area contributed by atoms with Crippen LogP contribution >= 0.6 is 11.3 Å². The van der Waals surface area contributed by atoms with Gasteiger partial charge in [0.05, 0.1) is 0 Å². The predicted molar refractivity (Wildman–Crippen MR) is 90.4 cm³/mol. The van der Waals surface area contributed by atoms with E-state index in [0.29, 0.717) is 18.0 Å². The van der Waals surface area contributed by atoms with Crippen LogP contribution in [0.25, 0.3) is 0 Å². The van der Waals surface area contributed by atoms with E-state index in [9.17, 15) is 8.42 Å². The molecule has 1 aromatic heterocycles. The molecular formula is C15H28N2O2S2. The Bertz CT molecular complexity index is 536. The third-order valence-electron chi connectivity index (χ3n) is 3.45. The molecule has 0 aromatic carbocycles. The van der Waals surface area contributed by atoms with E-state index in [1.165, 1.54) is 11.3 Å². The second-order valence-corrected chi connectivity index (χ2v) is 8.41. The first-order valence-electron chi connectivity index (χ1n) is 7.59. The van der Waals surface area contributed by atoms with Gasteiger partial charge in [0.1, 0.15) is 4.90 Å². The number of rotatable bonds is 9. The minimum absolute atomic E-state index is 0.0198. The lowest BCUT2D eigenvalue weighted by atomic mass is 10.2. The molecule has 1 aromatic rings. The maximum absolute atomic E-state index is 13.1. The van der Waals surface area contributed by atoms with Gasteiger partial charge in [0.15, 0.2) is 0 Å². The van der Waals surface area contributed by atoms with Gasteiger partial charge in [-0.15, -0.1) is 11.3 Å². The molecule has 0 aliphatic rings. The van der Waals surface area contributed by atoms with Crippen LogP contribution in [0.1, 0.15) is 50.5 Å². The highest BCUT2D eigenvalue weighted by Gasteiger charge is 2.31. The van der Waals surface area contributed by atoms with Gasteiger partial charge in [0.2, 0.25) is 10.0 Å². The molecule has 0 unspecified atom stereocenters. The number of nitrogens with one attached hydrogen (secondary N) is 1. The average molecular weight is 333 g/mol. The molecule has 0 aliphatic heterocycles. The average Bonchev–Trinajstić information content (AvgIpc) is 2.76. The Morgan fingerprint density at radius 1 is 1.33 bits per heavy atom. The highest BCUT2D eigenvalue weighted by Crippen LogP contribution is 2.30. The Hall–Kier alpha value is -0.430. The minimum atomic E-state index is -3.42. The van der Waals surface area contributed by atoms with Gasteiger partial charge < -0.3 is 5.32 Å². The summed E-state index contributed by atoms with van der Waals surface area (Å²) in [4.78, 5) is 1.41. The lowest BCUT2D eigenvalue weighted by Gasteiger charge is -2.26. The van der Waals surface area contributed by atoms with Crippen molar-refractivity contribution in [2.75, 3.05) is 13.6 Å². The van der Waals surface area contributed by atoms with Crippen LogP contribution in [0.5, 0.6) is 0 Å². The predicted octanol–water partition coefficient (Wildman–Crippen LogP) is 3.37. The summed E-state index contributed by atoms with van der Waals surface area (Å²) >= 11 is 1.52. The molecule has 1 N–H and O–H groups in total. The van der Waals surface area contributed by atoms with Crippen molar-refractivity contribution in [3.63, 3.8) is 0 Å². The van der Waals surface area contributed by atoms with Crippen LogP contribution in [0.15, 0.2) is 10.3 Å². The van der Waals surface area contributed by atoms with Crippen molar-refractivity contribution in [1.29, 1.82) is 0 Å².